The van der Waals surface area contributed by atoms with Crippen LogP contribution in [0.1, 0.15) is 41.9 Å². The van der Waals surface area contributed by atoms with Gasteiger partial charge in [0.25, 0.3) is 5.91 Å². The van der Waals surface area contributed by atoms with Gasteiger partial charge in [-0.15, -0.1) is 0 Å². The minimum absolute atomic E-state index is 0.0661. The molecule has 10 nitrogen and oxygen atoms in total. The zero-order valence-electron chi connectivity index (χ0n) is 20.2. The molecule has 0 radical (unpaired) electrons. The number of fused-ring (bicyclic) bond motifs is 3. The molecule has 6 rings (SSSR count). The van der Waals surface area contributed by atoms with Gasteiger partial charge in [0.15, 0.2) is 11.3 Å². The number of hydrogen-bond acceptors (Lipinski definition) is 7. The maximum Gasteiger partial charge on any atom is 0.278 e. The van der Waals surface area contributed by atoms with E-state index in [1.54, 1.807) is 30.1 Å². The predicted molar refractivity (Wildman–Crippen MR) is 135 cm³/mol. The second-order valence-electron chi connectivity index (χ2n) is 9.64. The standard InChI is InChI=1S/C26H27N7O3/c1-15-22(10-18(12-27-15)29-24(34)14-33-19-4-5-20(33)7-6-19)30-26(35)25-21-8-3-16(9-23(21)36-31-25)17-11-28-32(2)13-17/h3,8-13,19-20H,4-7,14H2,1-2H3,(H,29,34)(H,30,35). The van der Waals surface area contributed by atoms with Crippen molar-refractivity contribution in [2.75, 3.05) is 17.2 Å². The van der Waals surface area contributed by atoms with E-state index in [1.807, 2.05) is 31.4 Å². The molecule has 2 N–H and O–H groups in total. The Morgan fingerprint density at radius 2 is 1.83 bits per heavy atom. The average molecular weight is 486 g/mol. The summed E-state index contributed by atoms with van der Waals surface area (Å²) in [6, 6.07) is 8.35. The van der Waals surface area contributed by atoms with Crippen molar-refractivity contribution in [3.8, 4) is 11.1 Å². The first kappa shape index (κ1) is 22.4. The van der Waals surface area contributed by atoms with Crippen LogP contribution < -0.4 is 10.6 Å². The van der Waals surface area contributed by atoms with Crippen LogP contribution in [0.25, 0.3) is 22.1 Å². The lowest BCUT2D eigenvalue weighted by Crippen LogP contribution is -2.36. The number of benzene rings is 1. The van der Waals surface area contributed by atoms with Gasteiger partial charge in [-0.05, 0) is 56.4 Å². The number of pyridine rings is 1. The van der Waals surface area contributed by atoms with Crippen molar-refractivity contribution in [2.45, 2.75) is 44.7 Å². The number of amides is 2. The number of nitrogens with one attached hydrogen (secondary N) is 2. The molecule has 2 amide bonds. The SMILES string of the molecule is Cc1ncc(NC(=O)CN2C3CCC2CC3)cc1NC(=O)c1noc2cc(-c3cnn(C)c3)ccc12. The van der Waals surface area contributed by atoms with Crippen molar-refractivity contribution in [3.05, 3.63) is 54.2 Å². The Bertz CT molecular complexity index is 1450. The van der Waals surface area contributed by atoms with Gasteiger partial charge in [0.05, 0.1) is 41.4 Å². The van der Waals surface area contributed by atoms with Crippen LogP contribution in [0.5, 0.6) is 0 Å². The number of carbonyl (C=O) groups is 2. The van der Waals surface area contributed by atoms with E-state index in [4.69, 9.17) is 4.52 Å². The summed E-state index contributed by atoms with van der Waals surface area (Å²) < 4.78 is 7.18. The summed E-state index contributed by atoms with van der Waals surface area (Å²) in [4.78, 5) is 32.4. The van der Waals surface area contributed by atoms with Crippen molar-refractivity contribution in [3.63, 3.8) is 0 Å². The largest absolute Gasteiger partial charge is 0.355 e. The van der Waals surface area contributed by atoms with Crippen LogP contribution in [0.2, 0.25) is 0 Å². The monoisotopic (exact) mass is 485 g/mol. The molecule has 36 heavy (non-hydrogen) atoms. The van der Waals surface area contributed by atoms with Gasteiger partial charge in [0.2, 0.25) is 5.91 Å². The molecule has 0 spiro atoms. The van der Waals surface area contributed by atoms with E-state index >= 15 is 0 Å². The molecule has 4 aromatic rings. The Morgan fingerprint density at radius 1 is 1.06 bits per heavy atom. The Labute approximate surface area is 207 Å². The van der Waals surface area contributed by atoms with Gasteiger partial charge >= 0.3 is 0 Å². The minimum Gasteiger partial charge on any atom is -0.355 e. The normalized spacial score (nSPS) is 19.2. The topological polar surface area (TPSA) is 118 Å². The summed E-state index contributed by atoms with van der Waals surface area (Å²) in [5, 5.41) is 14.6. The van der Waals surface area contributed by atoms with E-state index in [1.165, 1.54) is 25.7 Å². The molecule has 184 valence electrons. The van der Waals surface area contributed by atoms with Crippen molar-refractivity contribution in [1.82, 2.24) is 24.8 Å². The highest BCUT2D eigenvalue weighted by atomic mass is 16.5. The Hall–Kier alpha value is -4.05. The van der Waals surface area contributed by atoms with Crippen molar-refractivity contribution in [1.29, 1.82) is 0 Å². The van der Waals surface area contributed by atoms with Crippen LogP contribution in [0.4, 0.5) is 11.4 Å². The molecule has 5 heterocycles. The van der Waals surface area contributed by atoms with Crippen LogP contribution in [0.15, 0.2) is 47.4 Å². The van der Waals surface area contributed by atoms with Gasteiger partial charge in [0, 0.05) is 30.9 Å². The third-order valence-corrected chi connectivity index (χ3v) is 7.27. The van der Waals surface area contributed by atoms with Gasteiger partial charge in [-0.2, -0.15) is 5.10 Å². The number of hydrogen-bond donors (Lipinski definition) is 2. The fourth-order valence-electron chi connectivity index (χ4n) is 5.40. The molecule has 0 aliphatic carbocycles. The lowest BCUT2D eigenvalue weighted by atomic mass is 10.0. The Balaban J connectivity index is 1.16. The van der Waals surface area contributed by atoms with Crippen LogP contribution >= 0.6 is 0 Å². The summed E-state index contributed by atoms with van der Waals surface area (Å²) in [6.45, 7) is 2.18. The van der Waals surface area contributed by atoms with E-state index in [2.05, 4.69) is 30.8 Å². The maximum atomic E-state index is 13.1. The highest BCUT2D eigenvalue weighted by Gasteiger charge is 2.39. The number of aryl methyl sites for hydroxylation is 2. The number of aromatic nitrogens is 4. The Kier molecular flexibility index (Phi) is 5.52. The van der Waals surface area contributed by atoms with Gasteiger partial charge in [0.1, 0.15) is 0 Å². The lowest BCUT2D eigenvalue weighted by Gasteiger charge is -2.20. The number of rotatable bonds is 6. The van der Waals surface area contributed by atoms with Crippen LogP contribution in [0, 0.1) is 6.92 Å². The molecule has 1 aromatic carbocycles. The van der Waals surface area contributed by atoms with Crippen molar-refractivity contribution >= 4 is 34.2 Å². The predicted octanol–water partition coefficient (Wildman–Crippen LogP) is 3.75. The maximum absolute atomic E-state index is 13.1. The molecule has 2 aliphatic rings. The first-order chi connectivity index (χ1) is 17.4. The van der Waals surface area contributed by atoms with E-state index in [-0.39, 0.29) is 11.6 Å². The molecule has 10 heteroatoms. The highest BCUT2D eigenvalue weighted by molar-refractivity contribution is 6.11. The molecule has 3 aromatic heterocycles. The fraction of sp³-hybridized carbons (Fsp3) is 0.346. The molecule has 0 saturated carbocycles. The molecular formula is C26H27N7O3. The number of carbonyl (C=O) groups excluding carboxylic acids is 2. The smallest absolute Gasteiger partial charge is 0.278 e. The average Bonchev–Trinajstić information content (AvgIpc) is 3.65. The third kappa shape index (κ3) is 4.13. The first-order valence-corrected chi connectivity index (χ1v) is 12.2. The molecule has 0 atom stereocenters. The molecule has 2 aliphatic heterocycles. The number of anilines is 2. The molecule has 2 bridgehead atoms. The van der Waals surface area contributed by atoms with Gasteiger partial charge in [-0.25, -0.2) is 0 Å². The molecule has 2 fully saturated rings. The zero-order chi connectivity index (χ0) is 24.8. The fourth-order valence-corrected chi connectivity index (χ4v) is 5.40. The summed E-state index contributed by atoms with van der Waals surface area (Å²) in [7, 11) is 1.85. The first-order valence-electron chi connectivity index (χ1n) is 12.2. The summed E-state index contributed by atoms with van der Waals surface area (Å²) in [5.74, 6) is -0.478. The van der Waals surface area contributed by atoms with Crippen LogP contribution in [-0.2, 0) is 11.8 Å². The quantitative estimate of drug-likeness (QED) is 0.427. The zero-order valence-corrected chi connectivity index (χ0v) is 20.2. The third-order valence-electron chi connectivity index (χ3n) is 7.27. The second-order valence-corrected chi connectivity index (χ2v) is 9.64. The van der Waals surface area contributed by atoms with Gasteiger partial charge < -0.3 is 15.2 Å². The second kappa shape index (κ2) is 8.87. The Morgan fingerprint density at radius 3 is 2.56 bits per heavy atom. The van der Waals surface area contributed by atoms with Crippen LogP contribution in [0.3, 0.4) is 0 Å². The number of nitrogens with zero attached hydrogens (tertiary/aromatic N) is 5. The van der Waals surface area contributed by atoms with Crippen molar-refractivity contribution in [2.24, 2.45) is 7.05 Å². The highest BCUT2D eigenvalue weighted by Crippen LogP contribution is 2.37. The summed E-state index contributed by atoms with van der Waals surface area (Å²) in [5.41, 5.74) is 4.23. The molecule has 2 saturated heterocycles. The van der Waals surface area contributed by atoms with Gasteiger partial charge in [-0.3, -0.25) is 24.2 Å². The lowest BCUT2D eigenvalue weighted by molar-refractivity contribution is -0.117. The molecular weight excluding hydrogens is 458 g/mol. The van der Waals surface area contributed by atoms with Crippen LogP contribution in [-0.4, -0.2) is 55.3 Å². The summed E-state index contributed by atoms with van der Waals surface area (Å²) in [6.07, 6.45) is 10.0. The van der Waals surface area contributed by atoms with Crippen molar-refractivity contribution < 1.29 is 14.1 Å². The van der Waals surface area contributed by atoms with E-state index in [0.29, 0.717) is 46.7 Å². The van der Waals surface area contributed by atoms with E-state index in [0.717, 1.165) is 11.1 Å². The van der Waals surface area contributed by atoms with E-state index < -0.39 is 5.91 Å². The van der Waals surface area contributed by atoms with Gasteiger partial charge in [-0.1, -0.05) is 11.2 Å². The molecule has 0 unspecified atom stereocenters. The summed E-state index contributed by atoms with van der Waals surface area (Å²) >= 11 is 0. The minimum atomic E-state index is -0.412. The van der Waals surface area contributed by atoms with E-state index in [9.17, 15) is 9.59 Å².